The summed E-state index contributed by atoms with van der Waals surface area (Å²) in [6.45, 7) is 3.70. The average Bonchev–Trinajstić information content (AvgIpc) is 3.20. The van der Waals surface area contributed by atoms with Crippen molar-refractivity contribution in [3.8, 4) is 5.75 Å². The summed E-state index contributed by atoms with van der Waals surface area (Å²) < 4.78 is 44.6. The van der Waals surface area contributed by atoms with E-state index in [1.165, 1.54) is 12.1 Å². The van der Waals surface area contributed by atoms with Crippen molar-refractivity contribution in [3.63, 3.8) is 0 Å². The third-order valence-electron chi connectivity index (χ3n) is 3.65. The first-order valence-corrected chi connectivity index (χ1v) is 6.88. The second kappa shape index (κ2) is 5.64. The van der Waals surface area contributed by atoms with Crippen LogP contribution in [0.4, 0.5) is 13.2 Å². The topological polar surface area (TPSA) is 29.5 Å². The van der Waals surface area contributed by atoms with E-state index in [1.54, 1.807) is 0 Å². The molecule has 1 N–H and O–H groups in total. The smallest absolute Gasteiger partial charge is 0.419 e. The van der Waals surface area contributed by atoms with Gasteiger partial charge in [-0.15, -0.1) is 0 Å². The molecule has 1 unspecified atom stereocenters. The van der Waals surface area contributed by atoms with E-state index in [0.717, 1.165) is 18.9 Å². The van der Waals surface area contributed by atoms with Crippen molar-refractivity contribution >= 4 is 0 Å². The lowest BCUT2D eigenvalue weighted by molar-refractivity contribution is -0.139. The maximum Gasteiger partial charge on any atom is 0.419 e. The van der Waals surface area contributed by atoms with E-state index in [0.29, 0.717) is 6.42 Å². The molecule has 20 heavy (non-hydrogen) atoms. The van der Waals surface area contributed by atoms with E-state index < -0.39 is 17.8 Å². The molecule has 0 spiro atoms. The van der Waals surface area contributed by atoms with Crippen molar-refractivity contribution in [1.82, 2.24) is 0 Å². The standard InChI is InChI=1S/C15H19F3O2/c1-3-9(2)14(19)10-4-7-13(20-11-5-6-11)12(8-10)15(16,17)18/h4,7-9,11,14,19H,3,5-6H2,1-2H3/t9-,14?/m1/s1. The van der Waals surface area contributed by atoms with Crippen LogP contribution in [0.25, 0.3) is 0 Å². The molecule has 0 amide bonds. The van der Waals surface area contributed by atoms with Gasteiger partial charge >= 0.3 is 6.18 Å². The summed E-state index contributed by atoms with van der Waals surface area (Å²) in [5.74, 6) is -0.230. The second-order valence-corrected chi connectivity index (χ2v) is 5.40. The number of alkyl halides is 3. The SMILES string of the molecule is CC[C@@H](C)C(O)c1ccc(OC2CC2)c(C(F)(F)F)c1. The van der Waals surface area contributed by atoms with Crippen LogP contribution in [0.1, 0.15) is 50.3 Å². The van der Waals surface area contributed by atoms with Crippen LogP contribution in [-0.2, 0) is 6.18 Å². The molecular formula is C15H19F3O2. The Balaban J connectivity index is 2.32. The van der Waals surface area contributed by atoms with Crippen molar-refractivity contribution in [1.29, 1.82) is 0 Å². The molecular weight excluding hydrogens is 269 g/mol. The number of aliphatic hydroxyl groups is 1. The zero-order valence-electron chi connectivity index (χ0n) is 11.6. The molecule has 2 atom stereocenters. The minimum Gasteiger partial charge on any atom is -0.490 e. The molecule has 112 valence electrons. The highest BCUT2D eigenvalue weighted by molar-refractivity contribution is 5.40. The van der Waals surface area contributed by atoms with E-state index in [9.17, 15) is 18.3 Å². The van der Waals surface area contributed by atoms with Crippen LogP contribution in [0.15, 0.2) is 18.2 Å². The molecule has 0 bridgehead atoms. The van der Waals surface area contributed by atoms with Crippen LogP contribution < -0.4 is 4.74 Å². The molecule has 2 nitrogen and oxygen atoms in total. The maximum atomic E-state index is 13.1. The zero-order chi connectivity index (χ0) is 14.9. The molecule has 1 aromatic rings. The molecule has 0 aromatic heterocycles. The third kappa shape index (κ3) is 3.45. The van der Waals surface area contributed by atoms with Crippen molar-refractivity contribution in [2.24, 2.45) is 5.92 Å². The molecule has 1 aliphatic carbocycles. The summed E-state index contributed by atoms with van der Waals surface area (Å²) in [6.07, 6.45) is -3.17. The van der Waals surface area contributed by atoms with Crippen LogP contribution in [0.3, 0.4) is 0 Å². The van der Waals surface area contributed by atoms with E-state index in [4.69, 9.17) is 4.74 Å². The number of rotatable bonds is 5. The molecule has 1 saturated carbocycles. The predicted molar refractivity (Wildman–Crippen MR) is 69.5 cm³/mol. The van der Waals surface area contributed by atoms with Crippen LogP contribution in [-0.4, -0.2) is 11.2 Å². The van der Waals surface area contributed by atoms with Crippen molar-refractivity contribution in [3.05, 3.63) is 29.3 Å². The first-order chi connectivity index (χ1) is 9.32. The van der Waals surface area contributed by atoms with Crippen molar-refractivity contribution < 1.29 is 23.0 Å². The molecule has 0 saturated heterocycles. The number of hydrogen-bond donors (Lipinski definition) is 1. The van der Waals surface area contributed by atoms with Gasteiger partial charge in [-0.25, -0.2) is 0 Å². The molecule has 1 aromatic carbocycles. The Labute approximate surface area is 116 Å². The molecule has 0 radical (unpaired) electrons. The number of aliphatic hydroxyl groups excluding tert-OH is 1. The number of ether oxygens (including phenoxy) is 1. The van der Waals surface area contributed by atoms with E-state index >= 15 is 0 Å². The summed E-state index contributed by atoms with van der Waals surface area (Å²) in [6, 6.07) is 3.85. The first-order valence-electron chi connectivity index (χ1n) is 6.88. The lowest BCUT2D eigenvalue weighted by Gasteiger charge is -2.20. The van der Waals surface area contributed by atoms with Gasteiger partial charge in [-0.2, -0.15) is 13.2 Å². The summed E-state index contributed by atoms with van der Waals surface area (Å²) in [7, 11) is 0. The van der Waals surface area contributed by atoms with Crippen LogP contribution in [0, 0.1) is 5.92 Å². The van der Waals surface area contributed by atoms with Crippen LogP contribution in [0.2, 0.25) is 0 Å². The predicted octanol–water partition coefficient (Wildman–Crippen LogP) is 4.33. The summed E-state index contributed by atoms with van der Waals surface area (Å²) in [5, 5.41) is 10.1. The van der Waals surface area contributed by atoms with Crippen molar-refractivity contribution in [2.45, 2.75) is 51.5 Å². The van der Waals surface area contributed by atoms with E-state index in [1.807, 2.05) is 13.8 Å². The highest BCUT2D eigenvalue weighted by atomic mass is 19.4. The van der Waals surface area contributed by atoms with Gasteiger partial charge in [0, 0.05) is 0 Å². The van der Waals surface area contributed by atoms with Crippen LogP contribution in [0.5, 0.6) is 5.75 Å². The summed E-state index contributed by atoms with van der Waals surface area (Å²) in [4.78, 5) is 0. The van der Waals surface area contributed by atoms with Gasteiger partial charge in [0.1, 0.15) is 5.75 Å². The first kappa shape index (κ1) is 15.2. The Hall–Kier alpha value is -1.23. The van der Waals surface area contributed by atoms with Gasteiger partial charge in [0.2, 0.25) is 0 Å². The van der Waals surface area contributed by atoms with Crippen LogP contribution >= 0.6 is 0 Å². The molecule has 5 heteroatoms. The second-order valence-electron chi connectivity index (χ2n) is 5.40. The lowest BCUT2D eigenvalue weighted by atomic mass is 9.94. The minimum atomic E-state index is -4.48. The Bertz CT molecular complexity index is 467. The lowest BCUT2D eigenvalue weighted by Crippen LogP contribution is -2.13. The number of benzene rings is 1. The van der Waals surface area contributed by atoms with Gasteiger partial charge in [0.25, 0.3) is 0 Å². The minimum absolute atomic E-state index is 0.0914. The summed E-state index contributed by atoms with van der Waals surface area (Å²) >= 11 is 0. The van der Waals surface area contributed by atoms with Crippen molar-refractivity contribution in [2.75, 3.05) is 0 Å². The van der Waals surface area contributed by atoms with Gasteiger partial charge in [-0.3, -0.25) is 0 Å². The zero-order valence-corrected chi connectivity index (χ0v) is 11.6. The summed E-state index contributed by atoms with van der Waals surface area (Å²) in [5.41, 5.74) is -0.515. The Morgan fingerprint density at radius 1 is 1.35 bits per heavy atom. The van der Waals surface area contributed by atoms with Gasteiger partial charge in [0.15, 0.2) is 0 Å². The average molecular weight is 288 g/mol. The fourth-order valence-electron chi connectivity index (χ4n) is 1.97. The largest absolute Gasteiger partial charge is 0.490 e. The molecule has 2 rings (SSSR count). The van der Waals surface area contributed by atoms with Gasteiger partial charge in [-0.05, 0) is 36.5 Å². The van der Waals surface area contributed by atoms with E-state index in [-0.39, 0.29) is 23.3 Å². The molecule has 0 heterocycles. The maximum absolute atomic E-state index is 13.1. The van der Waals surface area contributed by atoms with Gasteiger partial charge in [0.05, 0.1) is 17.8 Å². The Morgan fingerprint density at radius 3 is 2.50 bits per heavy atom. The van der Waals surface area contributed by atoms with E-state index in [2.05, 4.69) is 0 Å². The molecule has 1 aliphatic rings. The Kier molecular flexibility index (Phi) is 4.28. The molecule has 1 fully saturated rings. The monoisotopic (exact) mass is 288 g/mol. The fraction of sp³-hybridized carbons (Fsp3) is 0.600. The van der Waals surface area contributed by atoms with Gasteiger partial charge in [-0.1, -0.05) is 26.3 Å². The van der Waals surface area contributed by atoms with Gasteiger partial charge < -0.3 is 9.84 Å². The quantitative estimate of drug-likeness (QED) is 0.874. The Morgan fingerprint density at radius 2 is 2.00 bits per heavy atom. The number of halogens is 3. The number of hydrogen-bond acceptors (Lipinski definition) is 2. The normalized spacial score (nSPS) is 18.7. The molecule has 0 aliphatic heterocycles. The third-order valence-corrected chi connectivity index (χ3v) is 3.65. The fourth-order valence-corrected chi connectivity index (χ4v) is 1.97. The highest BCUT2D eigenvalue weighted by Gasteiger charge is 2.37. The highest BCUT2D eigenvalue weighted by Crippen LogP contribution is 2.40.